The first-order valence-corrected chi connectivity index (χ1v) is 6.93. The van der Waals surface area contributed by atoms with E-state index in [0.717, 1.165) is 30.9 Å². The van der Waals surface area contributed by atoms with E-state index in [9.17, 15) is 0 Å². The number of rotatable bonds is 1. The number of allylic oxidation sites excluding steroid dienone is 3. The molecule has 1 nitrogen and oxygen atoms in total. The van der Waals surface area contributed by atoms with Gasteiger partial charge < -0.3 is 4.90 Å². The Labute approximate surface area is 123 Å². The summed E-state index contributed by atoms with van der Waals surface area (Å²) in [5.74, 6) is 0. The van der Waals surface area contributed by atoms with E-state index in [2.05, 4.69) is 38.4 Å². The molecule has 1 aromatic carbocycles. The lowest BCUT2D eigenvalue weighted by atomic mass is 10.1. The van der Waals surface area contributed by atoms with Crippen LogP contribution in [0.5, 0.6) is 0 Å². The molecular weight excluding hydrogens is 365 g/mol. The normalized spacial score (nSPS) is 15.8. The average molecular weight is 375 g/mol. The minimum atomic E-state index is 0.719. The molecule has 1 heterocycles. The monoisotopic (exact) mass is 373 g/mol. The third-order valence-corrected chi connectivity index (χ3v) is 4.16. The van der Waals surface area contributed by atoms with Crippen molar-refractivity contribution < 1.29 is 0 Å². The second-order valence-corrected chi connectivity index (χ2v) is 5.87. The lowest BCUT2D eigenvalue weighted by Crippen LogP contribution is -2.18. The number of benzene rings is 1. The molecule has 0 unspecified atom stereocenters. The zero-order valence-electron chi connectivity index (χ0n) is 9.17. The molecule has 1 aliphatic rings. The van der Waals surface area contributed by atoms with Crippen LogP contribution in [0.25, 0.3) is 5.70 Å². The maximum absolute atomic E-state index is 6.25. The third kappa shape index (κ3) is 2.51. The summed E-state index contributed by atoms with van der Waals surface area (Å²) in [5, 5.41) is 0.719. The van der Waals surface area contributed by atoms with E-state index in [1.807, 2.05) is 42.3 Å². The number of hydrogen-bond acceptors (Lipinski definition) is 1. The van der Waals surface area contributed by atoms with Gasteiger partial charge in [-0.15, -0.1) is 0 Å². The Morgan fingerprint density at radius 2 is 1.94 bits per heavy atom. The Kier molecular flexibility index (Phi) is 3.81. The first-order valence-electron chi connectivity index (χ1n) is 4.96. The van der Waals surface area contributed by atoms with Gasteiger partial charge in [0.15, 0.2) is 0 Å². The first-order chi connectivity index (χ1) is 8.00. The van der Waals surface area contributed by atoms with E-state index in [0.29, 0.717) is 0 Å². The fourth-order valence-electron chi connectivity index (χ4n) is 1.63. The maximum Gasteiger partial charge on any atom is 0.0510 e. The van der Waals surface area contributed by atoms with Crippen molar-refractivity contribution >= 4 is 49.2 Å². The SMILES string of the molecule is C=C1C(Br)=CC=C(c2ccc(Br)cc2Cl)N1C. The Morgan fingerprint density at radius 3 is 2.59 bits per heavy atom. The van der Waals surface area contributed by atoms with Crippen molar-refractivity contribution in [3.05, 3.63) is 62.2 Å². The van der Waals surface area contributed by atoms with Gasteiger partial charge in [-0.2, -0.15) is 0 Å². The lowest BCUT2D eigenvalue weighted by Gasteiger charge is -2.28. The Hall–Kier alpha value is -0.510. The van der Waals surface area contributed by atoms with Crippen LogP contribution in [0, 0.1) is 0 Å². The molecule has 1 aliphatic heterocycles. The van der Waals surface area contributed by atoms with Crippen LogP contribution in [0.3, 0.4) is 0 Å². The second-order valence-electron chi connectivity index (χ2n) is 3.70. The molecule has 17 heavy (non-hydrogen) atoms. The van der Waals surface area contributed by atoms with Crippen molar-refractivity contribution in [2.45, 2.75) is 0 Å². The van der Waals surface area contributed by atoms with E-state index in [1.54, 1.807) is 0 Å². The van der Waals surface area contributed by atoms with Crippen molar-refractivity contribution in [1.82, 2.24) is 4.90 Å². The molecule has 1 aromatic rings. The van der Waals surface area contributed by atoms with E-state index in [-0.39, 0.29) is 0 Å². The summed E-state index contributed by atoms with van der Waals surface area (Å²) in [6, 6.07) is 5.86. The van der Waals surface area contributed by atoms with Gasteiger partial charge in [0.1, 0.15) is 0 Å². The number of nitrogens with zero attached hydrogens (tertiary/aromatic N) is 1. The molecule has 0 bridgehead atoms. The highest BCUT2D eigenvalue weighted by Gasteiger charge is 2.17. The van der Waals surface area contributed by atoms with Crippen LogP contribution in [0.2, 0.25) is 5.02 Å². The molecule has 0 spiro atoms. The van der Waals surface area contributed by atoms with Gasteiger partial charge in [0.2, 0.25) is 0 Å². The smallest absolute Gasteiger partial charge is 0.0510 e. The molecule has 0 fully saturated rings. The molecule has 0 aliphatic carbocycles. The molecule has 88 valence electrons. The zero-order valence-corrected chi connectivity index (χ0v) is 13.1. The van der Waals surface area contributed by atoms with Crippen molar-refractivity contribution in [3.63, 3.8) is 0 Å². The quantitative estimate of drug-likeness (QED) is 0.654. The molecule has 2 rings (SSSR count). The van der Waals surface area contributed by atoms with E-state index < -0.39 is 0 Å². The largest absolute Gasteiger partial charge is 0.344 e. The van der Waals surface area contributed by atoms with Gasteiger partial charge in [0, 0.05) is 33.0 Å². The molecule has 4 heteroatoms. The minimum absolute atomic E-state index is 0.719. The van der Waals surface area contributed by atoms with Crippen molar-refractivity contribution in [2.75, 3.05) is 7.05 Å². The van der Waals surface area contributed by atoms with Crippen molar-refractivity contribution in [2.24, 2.45) is 0 Å². The Bertz CT molecular complexity index is 546. The number of hydrogen-bond donors (Lipinski definition) is 0. The summed E-state index contributed by atoms with van der Waals surface area (Å²) in [5.41, 5.74) is 2.95. The van der Waals surface area contributed by atoms with Crippen LogP contribution in [0.15, 0.2) is 51.6 Å². The van der Waals surface area contributed by atoms with Crippen molar-refractivity contribution in [3.8, 4) is 0 Å². The Balaban J connectivity index is 2.51. The van der Waals surface area contributed by atoms with Crippen LogP contribution in [0.1, 0.15) is 5.56 Å². The zero-order chi connectivity index (χ0) is 12.6. The topological polar surface area (TPSA) is 3.24 Å². The van der Waals surface area contributed by atoms with Gasteiger partial charge in [-0.3, -0.25) is 0 Å². The maximum atomic E-state index is 6.25. The standard InChI is InChI=1S/C13H10Br2ClN/c1-8-11(15)5-6-13(17(8)2)10-4-3-9(14)7-12(10)16/h3-7H,1H2,2H3. The minimum Gasteiger partial charge on any atom is -0.344 e. The first kappa shape index (κ1) is 12.9. The number of halogens is 3. The van der Waals surface area contributed by atoms with Gasteiger partial charge in [0.05, 0.1) is 5.02 Å². The molecule has 0 N–H and O–H groups in total. The van der Waals surface area contributed by atoms with Gasteiger partial charge in [0.25, 0.3) is 0 Å². The third-order valence-electron chi connectivity index (χ3n) is 2.64. The van der Waals surface area contributed by atoms with Gasteiger partial charge in [-0.05, 0) is 40.2 Å². The van der Waals surface area contributed by atoms with Crippen LogP contribution in [-0.4, -0.2) is 11.9 Å². The molecule has 0 saturated carbocycles. The van der Waals surface area contributed by atoms with E-state index in [4.69, 9.17) is 11.6 Å². The van der Waals surface area contributed by atoms with Crippen LogP contribution < -0.4 is 0 Å². The highest BCUT2D eigenvalue weighted by atomic mass is 79.9. The summed E-state index contributed by atoms with van der Waals surface area (Å²) in [4.78, 5) is 2.01. The fourth-order valence-corrected chi connectivity index (χ4v) is 2.80. The summed E-state index contributed by atoms with van der Waals surface area (Å²) in [7, 11) is 1.97. The highest BCUT2D eigenvalue weighted by Crippen LogP contribution is 2.35. The molecule has 0 radical (unpaired) electrons. The molecule has 0 atom stereocenters. The van der Waals surface area contributed by atoms with E-state index >= 15 is 0 Å². The average Bonchev–Trinajstić information content (AvgIpc) is 2.28. The predicted octanol–water partition coefficient (Wildman–Crippen LogP) is 5.18. The van der Waals surface area contributed by atoms with Gasteiger partial charge in [-0.25, -0.2) is 0 Å². The van der Waals surface area contributed by atoms with E-state index in [1.165, 1.54) is 0 Å². The molecular formula is C13H10Br2ClN. The molecule has 0 amide bonds. The predicted molar refractivity (Wildman–Crippen MR) is 81.0 cm³/mol. The van der Waals surface area contributed by atoms with Crippen LogP contribution in [-0.2, 0) is 0 Å². The van der Waals surface area contributed by atoms with Crippen LogP contribution in [0.4, 0.5) is 0 Å². The summed E-state index contributed by atoms with van der Waals surface area (Å²) in [6.45, 7) is 4.02. The van der Waals surface area contributed by atoms with Crippen molar-refractivity contribution in [1.29, 1.82) is 0 Å². The van der Waals surface area contributed by atoms with Crippen LogP contribution >= 0.6 is 43.5 Å². The lowest BCUT2D eigenvalue weighted by molar-refractivity contribution is 0.613. The molecule has 0 aromatic heterocycles. The highest BCUT2D eigenvalue weighted by molar-refractivity contribution is 9.12. The summed E-state index contributed by atoms with van der Waals surface area (Å²) >= 11 is 13.1. The van der Waals surface area contributed by atoms with Gasteiger partial charge >= 0.3 is 0 Å². The summed E-state index contributed by atoms with van der Waals surface area (Å²) in [6.07, 6.45) is 4.00. The Morgan fingerprint density at radius 1 is 1.24 bits per heavy atom. The number of likely N-dealkylation sites (N-methyl/N-ethyl adjacent to an activating group) is 1. The fraction of sp³-hybridized carbons (Fsp3) is 0.0769. The summed E-state index contributed by atoms with van der Waals surface area (Å²) < 4.78 is 1.96. The van der Waals surface area contributed by atoms with Gasteiger partial charge in [-0.1, -0.05) is 40.2 Å². The second kappa shape index (κ2) is 5.01. The molecule has 0 saturated heterocycles.